The van der Waals surface area contributed by atoms with E-state index in [2.05, 4.69) is 10.0 Å². The van der Waals surface area contributed by atoms with Crippen LogP contribution in [0.4, 0.5) is 0 Å². The van der Waals surface area contributed by atoms with E-state index < -0.39 is 10.0 Å². The molecule has 0 aromatic heterocycles. The molecule has 0 saturated heterocycles. The van der Waals surface area contributed by atoms with Gasteiger partial charge in [0.2, 0.25) is 10.0 Å². The molecule has 0 fully saturated rings. The lowest BCUT2D eigenvalue weighted by Gasteiger charge is -2.09. The topological polar surface area (TPSA) is 75.3 Å². The molecule has 0 aliphatic rings. The molecule has 134 valence electrons. The highest BCUT2D eigenvalue weighted by Crippen LogP contribution is 2.13. The summed E-state index contributed by atoms with van der Waals surface area (Å²) in [5, 5.41) is 3.39. The second-order valence-electron chi connectivity index (χ2n) is 6.08. The summed E-state index contributed by atoms with van der Waals surface area (Å²) in [5.41, 5.74) is 1.23. The predicted molar refractivity (Wildman–Crippen MR) is 99.1 cm³/mol. The summed E-state index contributed by atoms with van der Waals surface area (Å²) in [4.78, 5) is 12.1. The van der Waals surface area contributed by atoms with Crippen LogP contribution in [0.3, 0.4) is 0 Å². The SMILES string of the molecule is CC(C)CNC(=O)c1ccc(S(=O)(=O)NCc2ccc(Cl)cc2)cc1. The Balaban J connectivity index is 2.01. The van der Waals surface area contributed by atoms with Gasteiger partial charge in [0.15, 0.2) is 0 Å². The predicted octanol–water partition coefficient (Wildman–Crippen LogP) is 3.20. The fraction of sp³-hybridized carbons (Fsp3) is 0.278. The van der Waals surface area contributed by atoms with Gasteiger partial charge in [-0.15, -0.1) is 0 Å². The van der Waals surface area contributed by atoms with E-state index in [1.54, 1.807) is 24.3 Å². The van der Waals surface area contributed by atoms with Gasteiger partial charge >= 0.3 is 0 Å². The van der Waals surface area contributed by atoms with E-state index in [9.17, 15) is 13.2 Å². The van der Waals surface area contributed by atoms with Crippen molar-refractivity contribution in [1.82, 2.24) is 10.0 Å². The van der Waals surface area contributed by atoms with Crippen molar-refractivity contribution >= 4 is 27.5 Å². The van der Waals surface area contributed by atoms with Crippen LogP contribution in [-0.2, 0) is 16.6 Å². The van der Waals surface area contributed by atoms with E-state index in [0.717, 1.165) is 5.56 Å². The molecule has 0 aliphatic carbocycles. The van der Waals surface area contributed by atoms with Crippen LogP contribution in [0.5, 0.6) is 0 Å². The maximum absolute atomic E-state index is 12.3. The molecule has 5 nitrogen and oxygen atoms in total. The summed E-state index contributed by atoms with van der Waals surface area (Å²) >= 11 is 5.81. The molecular formula is C18H21ClN2O3S. The van der Waals surface area contributed by atoms with Crippen molar-refractivity contribution in [3.8, 4) is 0 Å². The smallest absolute Gasteiger partial charge is 0.251 e. The number of hydrogen-bond donors (Lipinski definition) is 2. The van der Waals surface area contributed by atoms with E-state index in [4.69, 9.17) is 11.6 Å². The van der Waals surface area contributed by atoms with Crippen LogP contribution in [0.15, 0.2) is 53.4 Å². The van der Waals surface area contributed by atoms with Crippen molar-refractivity contribution in [2.75, 3.05) is 6.54 Å². The largest absolute Gasteiger partial charge is 0.352 e. The van der Waals surface area contributed by atoms with Gasteiger partial charge in [-0.05, 0) is 47.9 Å². The summed E-state index contributed by atoms with van der Waals surface area (Å²) in [5.74, 6) is 0.132. The first-order valence-electron chi connectivity index (χ1n) is 7.90. The molecule has 0 heterocycles. The first kappa shape index (κ1) is 19.4. The summed E-state index contributed by atoms with van der Waals surface area (Å²) in [6.45, 7) is 4.74. The minimum absolute atomic E-state index is 0.113. The lowest BCUT2D eigenvalue weighted by molar-refractivity contribution is 0.0949. The lowest BCUT2D eigenvalue weighted by atomic mass is 10.2. The van der Waals surface area contributed by atoms with Gasteiger partial charge in [0.1, 0.15) is 0 Å². The first-order valence-corrected chi connectivity index (χ1v) is 9.76. The van der Waals surface area contributed by atoms with Crippen LogP contribution in [0.2, 0.25) is 5.02 Å². The molecule has 0 aliphatic heterocycles. The minimum atomic E-state index is -3.65. The Morgan fingerprint density at radius 3 is 2.20 bits per heavy atom. The standard InChI is InChI=1S/C18H21ClN2O3S/c1-13(2)11-20-18(22)15-5-9-17(10-6-15)25(23,24)21-12-14-3-7-16(19)8-4-14/h3-10,13,21H,11-12H2,1-2H3,(H,20,22). The van der Waals surface area contributed by atoms with Crippen LogP contribution < -0.4 is 10.0 Å². The molecule has 0 atom stereocenters. The van der Waals surface area contributed by atoms with Crippen molar-refractivity contribution in [3.63, 3.8) is 0 Å². The maximum atomic E-state index is 12.3. The monoisotopic (exact) mass is 380 g/mol. The van der Waals surface area contributed by atoms with Crippen LogP contribution in [0, 0.1) is 5.92 Å². The molecule has 2 rings (SSSR count). The second-order valence-corrected chi connectivity index (χ2v) is 8.28. The Kier molecular flexibility index (Phi) is 6.58. The molecule has 1 amide bonds. The summed E-state index contributed by atoms with van der Waals surface area (Å²) in [6.07, 6.45) is 0. The molecule has 2 aromatic carbocycles. The summed E-state index contributed by atoms with van der Waals surface area (Å²) in [6, 6.07) is 12.8. The van der Waals surface area contributed by atoms with E-state index >= 15 is 0 Å². The number of carbonyl (C=O) groups is 1. The average molecular weight is 381 g/mol. The fourth-order valence-electron chi connectivity index (χ4n) is 2.05. The number of nitrogens with one attached hydrogen (secondary N) is 2. The number of rotatable bonds is 7. The Morgan fingerprint density at radius 1 is 1.04 bits per heavy atom. The highest BCUT2D eigenvalue weighted by molar-refractivity contribution is 7.89. The van der Waals surface area contributed by atoms with Gasteiger partial charge in [-0.3, -0.25) is 4.79 Å². The molecule has 0 saturated carbocycles. The van der Waals surface area contributed by atoms with Gasteiger partial charge < -0.3 is 5.32 Å². The van der Waals surface area contributed by atoms with Crippen molar-refractivity contribution in [2.24, 2.45) is 5.92 Å². The molecule has 0 unspecified atom stereocenters. The molecule has 2 N–H and O–H groups in total. The van der Waals surface area contributed by atoms with Crippen molar-refractivity contribution < 1.29 is 13.2 Å². The summed E-state index contributed by atoms with van der Waals surface area (Å²) in [7, 11) is -3.65. The van der Waals surface area contributed by atoms with Gasteiger partial charge in [0.25, 0.3) is 5.91 Å². The number of sulfonamides is 1. The third-order valence-corrected chi connectivity index (χ3v) is 5.15. The number of hydrogen-bond acceptors (Lipinski definition) is 3. The van der Waals surface area contributed by atoms with Gasteiger partial charge in [0, 0.05) is 23.7 Å². The number of amides is 1. The first-order chi connectivity index (χ1) is 11.8. The van der Waals surface area contributed by atoms with E-state index in [0.29, 0.717) is 23.0 Å². The quantitative estimate of drug-likeness (QED) is 0.774. The maximum Gasteiger partial charge on any atom is 0.251 e. The zero-order valence-corrected chi connectivity index (χ0v) is 15.7. The van der Waals surface area contributed by atoms with Crippen molar-refractivity contribution in [3.05, 3.63) is 64.7 Å². The Hall–Kier alpha value is -1.89. The lowest BCUT2D eigenvalue weighted by Crippen LogP contribution is -2.27. The molecule has 0 bridgehead atoms. The summed E-state index contributed by atoms with van der Waals surface area (Å²) < 4.78 is 27.2. The second kappa shape index (κ2) is 8.47. The van der Waals surface area contributed by atoms with E-state index in [-0.39, 0.29) is 17.3 Å². The molecular weight excluding hydrogens is 360 g/mol. The van der Waals surface area contributed by atoms with E-state index in [1.165, 1.54) is 24.3 Å². The fourth-order valence-corrected chi connectivity index (χ4v) is 3.19. The van der Waals surface area contributed by atoms with Crippen LogP contribution in [0.25, 0.3) is 0 Å². The zero-order chi connectivity index (χ0) is 18.4. The van der Waals surface area contributed by atoms with Gasteiger partial charge in [-0.2, -0.15) is 0 Å². The highest BCUT2D eigenvalue weighted by atomic mass is 35.5. The zero-order valence-electron chi connectivity index (χ0n) is 14.1. The molecule has 25 heavy (non-hydrogen) atoms. The normalized spacial score (nSPS) is 11.5. The van der Waals surface area contributed by atoms with Crippen molar-refractivity contribution in [2.45, 2.75) is 25.3 Å². The third-order valence-electron chi connectivity index (χ3n) is 3.48. The number of benzene rings is 2. The minimum Gasteiger partial charge on any atom is -0.352 e. The van der Waals surface area contributed by atoms with Crippen molar-refractivity contribution in [1.29, 1.82) is 0 Å². The Labute approximate surface area is 153 Å². The molecule has 0 spiro atoms. The van der Waals surface area contributed by atoms with Crippen LogP contribution in [0.1, 0.15) is 29.8 Å². The van der Waals surface area contributed by atoms with Gasteiger partial charge in [-0.25, -0.2) is 13.1 Å². The molecule has 2 aromatic rings. The number of carbonyl (C=O) groups excluding carboxylic acids is 1. The third kappa shape index (κ3) is 5.85. The Bertz CT molecular complexity index is 816. The van der Waals surface area contributed by atoms with Crippen LogP contribution >= 0.6 is 11.6 Å². The van der Waals surface area contributed by atoms with E-state index in [1.807, 2.05) is 13.8 Å². The van der Waals surface area contributed by atoms with Crippen LogP contribution in [-0.4, -0.2) is 20.9 Å². The Morgan fingerprint density at radius 2 is 1.64 bits per heavy atom. The number of halogens is 1. The van der Waals surface area contributed by atoms with Gasteiger partial charge in [0.05, 0.1) is 4.90 Å². The highest BCUT2D eigenvalue weighted by Gasteiger charge is 2.15. The average Bonchev–Trinajstić information content (AvgIpc) is 2.59. The molecule has 0 radical (unpaired) electrons. The van der Waals surface area contributed by atoms with Gasteiger partial charge in [-0.1, -0.05) is 37.6 Å². The molecule has 7 heteroatoms.